The molecule has 0 fully saturated rings. The summed E-state index contributed by atoms with van der Waals surface area (Å²) < 4.78 is 0. The lowest BCUT2D eigenvalue weighted by Crippen LogP contribution is -1.79. The number of H-pyrrole nitrogens is 1. The maximum absolute atomic E-state index is 8.58. The van der Waals surface area contributed by atoms with Crippen LogP contribution < -0.4 is 0 Å². The summed E-state index contributed by atoms with van der Waals surface area (Å²) in [6.45, 7) is 1.85. The number of hydrogen-bond donors (Lipinski definition) is 1. The van der Waals surface area contributed by atoms with Gasteiger partial charge in [-0.1, -0.05) is 0 Å². The van der Waals surface area contributed by atoms with Crippen molar-refractivity contribution in [2.45, 2.75) is 6.92 Å². The number of aryl methyl sites for hydroxylation is 1. The molecule has 0 unspecified atom stereocenters. The van der Waals surface area contributed by atoms with E-state index in [1.807, 2.05) is 13.0 Å². The van der Waals surface area contributed by atoms with Crippen molar-refractivity contribution in [1.29, 1.82) is 5.26 Å². The zero-order chi connectivity index (χ0) is 8.55. The second kappa shape index (κ2) is 2.31. The van der Waals surface area contributed by atoms with Crippen LogP contribution in [0.2, 0.25) is 0 Å². The Bertz CT molecular complexity index is 463. The molecule has 0 atom stereocenters. The number of rotatable bonds is 0. The number of nitrogens with zero attached hydrogens (tertiary/aromatic N) is 3. The number of fused-ring (bicyclic) bond motifs is 1. The maximum atomic E-state index is 8.58. The molecule has 2 aromatic heterocycles. The summed E-state index contributed by atoms with van der Waals surface area (Å²) in [5.41, 5.74) is 2.02. The summed E-state index contributed by atoms with van der Waals surface area (Å²) in [5.74, 6) is 0.813. The molecule has 2 heterocycles. The van der Waals surface area contributed by atoms with E-state index in [0.29, 0.717) is 11.2 Å². The third kappa shape index (κ3) is 0.920. The first kappa shape index (κ1) is 6.80. The van der Waals surface area contributed by atoms with E-state index in [2.05, 4.69) is 15.0 Å². The molecule has 58 valence electrons. The zero-order valence-electron chi connectivity index (χ0n) is 6.50. The molecular weight excluding hydrogens is 152 g/mol. The first-order valence-electron chi connectivity index (χ1n) is 3.52. The molecule has 2 aromatic rings. The molecule has 2 rings (SSSR count). The van der Waals surface area contributed by atoms with Crippen LogP contribution in [-0.4, -0.2) is 15.0 Å². The number of imidazole rings is 1. The number of hydrogen-bond acceptors (Lipinski definition) is 3. The molecule has 0 saturated heterocycles. The van der Waals surface area contributed by atoms with Gasteiger partial charge in [0.1, 0.15) is 11.9 Å². The average molecular weight is 158 g/mol. The van der Waals surface area contributed by atoms with Crippen LogP contribution in [0.25, 0.3) is 11.2 Å². The molecule has 4 nitrogen and oxygen atoms in total. The van der Waals surface area contributed by atoms with Crippen LogP contribution in [0.3, 0.4) is 0 Å². The van der Waals surface area contributed by atoms with Crippen molar-refractivity contribution in [2.75, 3.05) is 0 Å². The van der Waals surface area contributed by atoms with E-state index >= 15 is 0 Å². The van der Waals surface area contributed by atoms with Gasteiger partial charge in [-0.3, -0.25) is 0 Å². The number of pyridine rings is 1. The number of nitrogens with one attached hydrogen (secondary N) is 1. The molecular formula is C8H6N4. The van der Waals surface area contributed by atoms with Gasteiger partial charge in [-0.15, -0.1) is 0 Å². The molecule has 0 spiro atoms. The van der Waals surface area contributed by atoms with E-state index in [4.69, 9.17) is 5.26 Å². The highest BCUT2D eigenvalue weighted by Gasteiger charge is 2.00. The van der Waals surface area contributed by atoms with Crippen LogP contribution >= 0.6 is 0 Å². The maximum Gasteiger partial charge on any atom is 0.177 e. The molecule has 12 heavy (non-hydrogen) atoms. The van der Waals surface area contributed by atoms with Crippen LogP contribution in [0, 0.1) is 18.3 Å². The van der Waals surface area contributed by atoms with Crippen LogP contribution in [-0.2, 0) is 0 Å². The smallest absolute Gasteiger partial charge is 0.177 e. The Balaban J connectivity index is 2.77. The van der Waals surface area contributed by atoms with Gasteiger partial charge in [0.25, 0.3) is 0 Å². The van der Waals surface area contributed by atoms with Gasteiger partial charge >= 0.3 is 0 Å². The number of aromatic nitrogens is 3. The first-order valence-corrected chi connectivity index (χ1v) is 3.52. The fourth-order valence-electron chi connectivity index (χ4n) is 1.08. The van der Waals surface area contributed by atoms with Crippen LogP contribution in [0.4, 0.5) is 0 Å². The van der Waals surface area contributed by atoms with Gasteiger partial charge in [0.15, 0.2) is 5.65 Å². The van der Waals surface area contributed by atoms with Gasteiger partial charge in [-0.2, -0.15) is 5.26 Å². The van der Waals surface area contributed by atoms with Gasteiger partial charge < -0.3 is 4.98 Å². The first-order chi connectivity index (χ1) is 5.79. The van der Waals surface area contributed by atoms with Crippen molar-refractivity contribution >= 4 is 11.2 Å². The van der Waals surface area contributed by atoms with Crippen molar-refractivity contribution in [3.8, 4) is 6.07 Å². The second-order valence-corrected chi connectivity index (χ2v) is 2.53. The molecule has 0 amide bonds. The van der Waals surface area contributed by atoms with Crippen LogP contribution in [0.1, 0.15) is 11.4 Å². The third-order valence-corrected chi connectivity index (χ3v) is 1.58. The van der Waals surface area contributed by atoms with E-state index in [0.717, 1.165) is 11.3 Å². The fraction of sp³-hybridized carbons (Fsp3) is 0.125. The van der Waals surface area contributed by atoms with Gasteiger partial charge in [-0.05, 0) is 13.0 Å². The van der Waals surface area contributed by atoms with Crippen molar-refractivity contribution in [2.24, 2.45) is 0 Å². The highest BCUT2D eigenvalue weighted by atomic mass is 15.0. The normalized spacial score (nSPS) is 10.0. The van der Waals surface area contributed by atoms with Gasteiger partial charge in [-0.25, -0.2) is 9.97 Å². The van der Waals surface area contributed by atoms with E-state index in [1.165, 1.54) is 6.20 Å². The largest absolute Gasteiger partial charge is 0.341 e. The van der Waals surface area contributed by atoms with E-state index < -0.39 is 0 Å². The lowest BCUT2D eigenvalue weighted by molar-refractivity contribution is 1.16. The summed E-state index contributed by atoms with van der Waals surface area (Å²) in [6, 6.07) is 3.76. The van der Waals surface area contributed by atoms with Crippen molar-refractivity contribution in [1.82, 2.24) is 15.0 Å². The van der Waals surface area contributed by atoms with Gasteiger partial charge in [0.05, 0.1) is 11.1 Å². The minimum atomic E-state index is 0.547. The molecule has 1 N–H and O–H groups in total. The molecule has 0 radical (unpaired) electrons. The Morgan fingerprint density at radius 2 is 2.42 bits per heavy atom. The standard InChI is InChI=1S/C8H6N4/c1-5-11-7-2-6(3-9)4-10-8(7)12-5/h2,4H,1H3,(H,10,11,12). The van der Waals surface area contributed by atoms with E-state index in [9.17, 15) is 0 Å². The Morgan fingerprint density at radius 3 is 3.17 bits per heavy atom. The SMILES string of the molecule is Cc1nc2ncc(C#N)cc2[nH]1. The van der Waals surface area contributed by atoms with Crippen molar-refractivity contribution in [3.05, 3.63) is 23.7 Å². The molecule has 0 saturated carbocycles. The minimum Gasteiger partial charge on any atom is -0.341 e. The molecule has 0 aromatic carbocycles. The minimum absolute atomic E-state index is 0.547. The quantitative estimate of drug-likeness (QED) is 0.625. The predicted octanol–water partition coefficient (Wildman–Crippen LogP) is 1.14. The van der Waals surface area contributed by atoms with Crippen LogP contribution in [0.15, 0.2) is 12.3 Å². The van der Waals surface area contributed by atoms with Gasteiger partial charge in [0, 0.05) is 6.20 Å². The van der Waals surface area contributed by atoms with E-state index in [1.54, 1.807) is 6.07 Å². The third-order valence-electron chi connectivity index (χ3n) is 1.58. The van der Waals surface area contributed by atoms with E-state index in [-0.39, 0.29) is 0 Å². The molecule has 0 aliphatic carbocycles. The summed E-state index contributed by atoms with van der Waals surface area (Å²) in [5, 5.41) is 8.58. The Morgan fingerprint density at radius 1 is 1.58 bits per heavy atom. The van der Waals surface area contributed by atoms with Gasteiger partial charge in [0.2, 0.25) is 0 Å². The topological polar surface area (TPSA) is 65.4 Å². The summed E-state index contributed by atoms with van der Waals surface area (Å²) in [4.78, 5) is 11.1. The Hall–Kier alpha value is -1.89. The Labute approximate surface area is 68.9 Å². The highest BCUT2D eigenvalue weighted by Crippen LogP contribution is 2.09. The lowest BCUT2D eigenvalue weighted by Gasteiger charge is -1.86. The number of nitriles is 1. The second-order valence-electron chi connectivity index (χ2n) is 2.53. The van der Waals surface area contributed by atoms with Crippen molar-refractivity contribution < 1.29 is 0 Å². The summed E-state index contributed by atoms with van der Waals surface area (Å²) in [6.07, 6.45) is 1.52. The highest BCUT2D eigenvalue weighted by molar-refractivity contribution is 5.71. The summed E-state index contributed by atoms with van der Waals surface area (Å²) in [7, 11) is 0. The molecule has 0 bridgehead atoms. The predicted molar refractivity (Wildman–Crippen MR) is 43.3 cm³/mol. The fourth-order valence-corrected chi connectivity index (χ4v) is 1.08. The molecule has 4 heteroatoms. The Kier molecular flexibility index (Phi) is 1.31. The van der Waals surface area contributed by atoms with Crippen molar-refractivity contribution in [3.63, 3.8) is 0 Å². The molecule has 0 aliphatic heterocycles. The lowest BCUT2D eigenvalue weighted by atomic mass is 10.3. The monoisotopic (exact) mass is 158 g/mol. The average Bonchev–Trinajstić information content (AvgIpc) is 2.43. The summed E-state index contributed by atoms with van der Waals surface area (Å²) >= 11 is 0. The molecule has 0 aliphatic rings. The number of aromatic amines is 1. The van der Waals surface area contributed by atoms with Crippen LogP contribution in [0.5, 0.6) is 0 Å². The zero-order valence-corrected chi connectivity index (χ0v) is 6.50.